The highest BCUT2D eigenvalue weighted by atomic mass is 35.7. The van der Waals surface area contributed by atoms with Crippen molar-refractivity contribution in [1.29, 1.82) is 5.26 Å². The summed E-state index contributed by atoms with van der Waals surface area (Å²) in [6.45, 7) is 0. The molecule has 0 radical (unpaired) electrons. The minimum Gasteiger partial charge on any atom is -0.207 e. The van der Waals surface area contributed by atoms with Crippen molar-refractivity contribution in [3.05, 3.63) is 28.3 Å². The zero-order valence-electron chi connectivity index (χ0n) is 7.72. The van der Waals surface area contributed by atoms with E-state index in [1.807, 2.05) is 0 Å². The highest BCUT2D eigenvalue weighted by Gasteiger charge is 2.37. The molecule has 0 amide bonds. The molecule has 0 saturated carbocycles. The summed E-state index contributed by atoms with van der Waals surface area (Å²) >= 11 is 5.31. The number of hydrogen-bond acceptors (Lipinski definition) is 3. The molecule has 0 N–H and O–H groups in total. The lowest BCUT2D eigenvalue weighted by atomic mass is 10.1. The molecule has 0 spiro atoms. The second-order valence-electron chi connectivity index (χ2n) is 2.88. The average Bonchev–Trinajstić information content (AvgIpc) is 2.12. The fourth-order valence-electron chi connectivity index (χ4n) is 1.10. The maximum absolute atomic E-state index is 12.5. The zero-order valence-corrected chi connectivity index (χ0v) is 10.0. The molecule has 0 aliphatic heterocycles. The molecule has 1 aromatic rings. The fraction of sp³-hybridized carbons (Fsp3) is 0.125. The lowest BCUT2D eigenvalue weighted by Crippen LogP contribution is -2.10. The van der Waals surface area contributed by atoms with E-state index < -0.39 is 36.3 Å². The first-order chi connectivity index (χ1) is 7.57. The molecule has 0 heterocycles. The van der Waals surface area contributed by atoms with Crippen LogP contribution in [0.2, 0.25) is 5.02 Å². The molecular formula is C8H2Cl2F3NO2S. The Hall–Kier alpha value is -0.970. The van der Waals surface area contributed by atoms with Gasteiger partial charge < -0.3 is 0 Å². The first-order valence-electron chi connectivity index (χ1n) is 3.83. The number of benzene rings is 1. The molecule has 0 atom stereocenters. The third-order valence-electron chi connectivity index (χ3n) is 1.75. The number of alkyl halides is 3. The van der Waals surface area contributed by atoms with Gasteiger partial charge in [0, 0.05) is 10.7 Å². The lowest BCUT2D eigenvalue weighted by molar-refractivity contribution is -0.137. The Balaban J connectivity index is 3.66. The van der Waals surface area contributed by atoms with Gasteiger partial charge in [0.15, 0.2) is 0 Å². The Labute approximate surface area is 104 Å². The Bertz CT molecular complexity index is 604. The maximum atomic E-state index is 12.5. The molecule has 3 nitrogen and oxygen atoms in total. The van der Waals surface area contributed by atoms with Gasteiger partial charge in [-0.15, -0.1) is 0 Å². The molecule has 0 aliphatic carbocycles. The highest BCUT2D eigenvalue weighted by Crippen LogP contribution is 2.38. The van der Waals surface area contributed by atoms with Crippen LogP contribution in [-0.2, 0) is 15.2 Å². The van der Waals surface area contributed by atoms with Crippen molar-refractivity contribution < 1.29 is 21.6 Å². The van der Waals surface area contributed by atoms with E-state index in [1.165, 1.54) is 6.07 Å². The SMILES string of the molecule is N#Cc1cc(S(=O)(=O)Cl)cc(Cl)c1C(F)(F)F. The standard InChI is InChI=1S/C8H2Cl2F3NO2S/c9-6-2-5(17(10,15)16)1-4(3-14)7(6)8(11,12)13/h1-2H. The zero-order chi connectivity index (χ0) is 13.4. The molecule has 0 fully saturated rings. The van der Waals surface area contributed by atoms with Crippen molar-refractivity contribution in [2.45, 2.75) is 11.1 Å². The Morgan fingerprint density at radius 3 is 2.18 bits per heavy atom. The molecule has 0 saturated heterocycles. The van der Waals surface area contributed by atoms with Crippen molar-refractivity contribution in [1.82, 2.24) is 0 Å². The Kier molecular flexibility index (Phi) is 3.62. The van der Waals surface area contributed by atoms with Gasteiger partial charge in [0.2, 0.25) is 0 Å². The lowest BCUT2D eigenvalue weighted by Gasteiger charge is -2.11. The molecule has 1 rings (SSSR count). The molecule has 0 aliphatic rings. The molecule has 0 bridgehead atoms. The van der Waals surface area contributed by atoms with Crippen LogP contribution in [-0.4, -0.2) is 8.42 Å². The summed E-state index contributed by atoms with van der Waals surface area (Å²) in [7, 11) is 0.698. The predicted octanol–water partition coefficient (Wildman–Crippen LogP) is 3.16. The van der Waals surface area contributed by atoms with Crippen LogP contribution in [0, 0.1) is 11.3 Å². The number of rotatable bonds is 1. The van der Waals surface area contributed by atoms with E-state index >= 15 is 0 Å². The maximum Gasteiger partial charge on any atom is 0.419 e. The summed E-state index contributed by atoms with van der Waals surface area (Å²) in [4.78, 5) is -0.659. The van der Waals surface area contributed by atoms with Gasteiger partial charge in [-0.3, -0.25) is 0 Å². The topological polar surface area (TPSA) is 57.9 Å². The fourth-order valence-corrected chi connectivity index (χ4v) is 2.27. The number of nitriles is 1. The van der Waals surface area contributed by atoms with Gasteiger partial charge in [-0.2, -0.15) is 18.4 Å². The van der Waals surface area contributed by atoms with Crippen LogP contribution < -0.4 is 0 Å². The number of hydrogen-bond donors (Lipinski definition) is 0. The van der Waals surface area contributed by atoms with E-state index in [0.717, 1.165) is 0 Å². The Morgan fingerprint density at radius 1 is 1.29 bits per heavy atom. The third-order valence-corrected chi connectivity index (χ3v) is 3.38. The van der Waals surface area contributed by atoms with E-state index in [1.54, 1.807) is 0 Å². The first kappa shape index (κ1) is 14.1. The monoisotopic (exact) mass is 303 g/mol. The average molecular weight is 304 g/mol. The summed E-state index contributed by atoms with van der Waals surface area (Å²) in [6, 6.07) is 2.30. The minimum absolute atomic E-state index is 0.525. The van der Waals surface area contributed by atoms with Crippen molar-refractivity contribution in [2.24, 2.45) is 0 Å². The van der Waals surface area contributed by atoms with E-state index in [4.69, 9.17) is 27.5 Å². The molecule has 0 unspecified atom stereocenters. The summed E-state index contributed by atoms with van der Waals surface area (Å²) in [6.07, 6.45) is -4.85. The number of halogens is 5. The van der Waals surface area contributed by atoms with E-state index in [9.17, 15) is 21.6 Å². The predicted molar refractivity (Wildman–Crippen MR) is 54.2 cm³/mol. The van der Waals surface area contributed by atoms with Crippen molar-refractivity contribution in [2.75, 3.05) is 0 Å². The van der Waals surface area contributed by atoms with E-state index in [0.29, 0.717) is 12.1 Å². The van der Waals surface area contributed by atoms with Crippen molar-refractivity contribution in [3.63, 3.8) is 0 Å². The van der Waals surface area contributed by atoms with Crippen molar-refractivity contribution in [3.8, 4) is 6.07 Å². The van der Waals surface area contributed by atoms with Gasteiger partial charge in [0.25, 0.3) is 9.05 Å². The molecule has 17 heavy (non-hydrogen) atoms. The molecule has 9 heteroatoms. The van der Waals surface area contributed by atoms with Crippen LogP contribution in [0.5, 0.6) is 0 Å². The normalized spacial score (nSPS) is 12.2. The Morgan fingerprint density at radius 2 is 1.82 bits per heavy atom. The van der Waals surface area contributed by atoms with Crippen LogP contribution in [0.1, 0.15) is 11.1 Å². The van der Waals surface area contributed by atoms with Crippen LogP contribution in [0.25, 0.3) is 0 Å². The summed E-state index contributed by atoms with van der Waals surface area (Å²) < 4.78 is 59.4. The molecule has 1 aromatic carbocycles. The van der Waals surface area contributed by atoms with Gasteiger partial charge >= 0.3 is 6.18 Å². The van der Waals surface area contributed by atoms with Gasteiger partial charge in [-0.1, -0.05) is 11.6 Å². The van der Waals surface area contributed by atoms with Crippen LogP contribution >= 0.6 is 22.3 Å². The second-order valence-corrected chi connectivity index (χ2v) is 5.85. The largest absolute Gasteiger partial charge is 0.419 e. The second kappa shape index (κ2) is 4.37. The van der Waals surface area contributed by atoms with Crippen LogP contribution in [0.15, 0.2) is 17.0 Å². The van der Waals surface area contributed by atoms with Crippen LogP contribution in [0.3, 0.4) is 0 Å². The van der Waals surface area contributed by atoms with Crippen LogP contribution in [0.4, 0.5) is 13.2 Å². The van der Waals surface area contributed by atoms with Gasteiger partial charge in [-0.25, -0.2) is 8.42 Å². The quantitative estimate of drug-likeness (QED) is 0.749. The molecular weight excluding hydrogens is 302 g/mol. The highest BCUT2D eigenvalue weighted by molar-refractivity contribution is 8.13. The van der Waals surface area contributed by atoms with Gasteiger partial charge in [0.05, 0.1) is 27.1 Å². The van der Waals surface area contributed by atoms with E-state index in [2.05, 4.69) is 0 Å². The summed E-state index contributed by atoms with van der Waals surface area (Å²) in [5.74, 6) is 0. The van der Waals surface area contributed by atoms with Crippen molar-refractivity contribution >= 4 is 31.3 Å². The first-order valence-corrected chi connectivity index (χ1v) is 6.51. The van der Waals surface area contributed by atoms with Gasteiger partial charge in [0.1, 0.15) is 0 Å². The van der Waals surface area contributed by atoms with E-state index in [-0.39, 0.29) is 0 Å². The summed E-state index contributed by atoms with van der Waals surface area (Å²) in [5, 5.41) is 7.66. The minimum atomic E-state index is -4.85. The third kappa shape index (κ3) is 3.03. The summed E-state index contributed by atoms with van der Waals surface area (Å²) in [5.41, 5.74) is -2.28. The molecule has 92 valence electrons. The smallest absolute Gasteiger partial charge is 0.207 e. The number of nitrogens with zero attached hydrogens (tertiary/aromatic N) is 1. The van der Waals surface area contributed by atoms with Gasteiger partial charge in [-0.05, 0) is 12.1 Å². The molecule has 0 aromatic heterocycles.